The lowest BCUT2D eigenvalue weighted by Gasteiger charge is -2.09. The Hall–Kier alpha value is -3.65. The molecule has 8 heteroatoms. The highest BCUT2D eigenvalue weighted by Gasteiger charge is 2.19. The first-order valence-corrected chi connectivity index (χ1v) is 12.2. The van der Waals surface area contributed by atoms with E-state index >= 15 is 0 Å². The number of aryl methyl sites for hydroxylation is 2. The van der Waals surface area contributed by atoms with Gasteiger partial charge in [-0.2, -0.15) is 0 Å². The number of benzene rings is 2. The monoisotopic (exact) mass is 474 g/mol. The Balaban J connectivity index is 1.62. The van der Waals surface area contributed by atoms with Gasteiger partial charge in [-0.05, 0) is 60.5 Å². The van der Waals surface area contributed by atoms with E-state index in [-0.39, 0.29) is 11.2 Å². The van der Waals surface area contributed by atoms with Gasteiger partial charge in [0.2, 0.25) is 5.78 Å². The Bertz CT molecular complexity index is 1610. The molecular weight excluding hydrogens is 448 g/mol. The second-order valence-electron chi connectivity index (χ2n) is 8.52. The molecule has 0 radical (unpaired) electrons. The first-order chi connectivity index (χ1) is 16.5. The zero-order chi connectivity index (χ0) is 23.8. The molecule has 0 spiro atoms. The van der Waals surface area contributed by atoms with Crippen LogP contribution in [-0.2, 0) is 13.1 Å². The number of hydrogen-bond acceptors (Lipinski definition) is 5. The molecule has 0 aliphatic heterocycles. The Morgan fingerprint density at radius 2 is 1.79 bits per heavy atom. The zero-order valence-electron chi connectivity index (χ0n) is 19.4. The van der Waals surface area contributed by atoms with Crippen molar-refractivity contribution in [3.05, 3.63) is 97.0 Å². The number of aromatic nitrogens is 4. The molecule has 3 heterocycles. The van der Waals surface area contributed by atoms with Crippen molar-refractivity contribution in [3.63, 3.8) is 0 Å². The molecule has 0 atom stereocenters. The van der Waals surface area contributed by atoms with Gasteiger partial charge in [0.05, 0.1) is 25.2 Å². The van der Waals surface area contributed by atoms with Crippen molar-refractivity contribution in [2.24, 2.45) is 0 Å². The van der Waals surface area contributed by atoms with Crippen molar-refractivity contribution >= 4 is 27.3 Å². The Morgan fingerprint density at radius 1 is 1.00 bits per heavy atom. The number of hydrogen-bond donors (Lipinski definition) is 0. The van der Waals surface area contributed by atoms with Crippen LogP contribution in [0.4, 0.5) is 0 Å². The molecule has 0 unspecified atom stereocenters. The largest absolute Gasteiger partial charge is 0.494 e. The summed E-state index contributed by atoms with van der Waals surface area (Å²) in [4.78, 5) is 26.8. The minimum Gasteiger partial charge on any atom is -0.494 e. The molecule has 5 aromatic rings. The molecule has 3 aromatic heterocycles. The summed E-state index contributed by atoms with van der Waals surface area (Å²) >= 11 is 1.34. The van der Waals surface area contributed by atoms with Gasteiger partial charge >= 0.3 is 5.69 Å². The Kier molecular flexibility index (Phi) is 5.83. The summed E-state index contributed by atoms with van der Waals surface area (Å²) in [6, 6.07) is 15.7. The van der Waals surface area contributed by atoms with E-state index in [2.05, 4.69) is 24.2 Å². The minimum absolute atomic E-state index is 0.146. The van der Waals surface area contributed by atoms with Gasteiger partial charge in [-0.1, -0.05) is 42.8 Å². The van der Waals surface area contributed by atoms with E-state index in [0.717, 1.165) is 34.4 Å². The average molecular weight is 475 g/mol. The summed E-state index contributed by atoms with van der Waals surface area (Å²) < 4.78 is 10.8. The van der Waals surface area contributed by atoms with E-state index in [9.17, 15) is 9.59 Å². The number of thiophene rings is 1. The van der Waals surface area contributed by atoms with Crippen LogP contribution in [0, 0.1) is 13.8 Å². The fourth-order valence-corrected chi connectivity index (χ4v) is 4.93. The summed E-state index contributed by atoms with van der Waals surface area (Å²) in [5.74, 6) is 1.14. The molecule has 0 saturated carbocycles. The van der Waals surface area contributed by atoms with Gasteiger partial charge in [-0.15, -0.1) is 16.4 Å². The lowest BCUT2D eigenvalue weighted by Crippen LogP contribution is -2.26. The first kappa shape index (κ1) is 22.2. The van der Waals surface area contributed by atoms with Crippen LogP contribution >= 0.6 is 11.3 Å². The van der Waals surface area contributed by atoms with E-state index in [1.165, 1.54) is 16.0 Å². The third kappa shape index (κ3) is 3.94. The summed E-state index contributed by atoms with van der Waals surface area (Å²) in [6.07, 6.45) is 0.940. The quantitative estimate of drug-likeness (QED) is 0.351. The molecule has 174 valence electrons. The van der Waals surface area contributed by atoms with Gasteiger partial charge in [0.15, 0.2) is 0 Å². The third-order valence-electron chi connectivity index (χ3n) is 5.95. The van der Waals surface area contributed by atoms with Gasteiger partial charge < -0.3 is 4.74 Å². The normalized spacial score (nSPS) is 11.5. The maximum absolute atomic E-state index is 13.4. The average Bonchev–Trinajstić information content (AvgIpc) is 3.43. The maximum atomic E-state index is 13.4. The number of fused-ring (bicyclic) bond motifs is 3. The van der Waals surface area contributed by atoms with Crippen LogP contribution in [0.5, 0.6) is 5.75 Å². The summed E-state index contributed by atoms with van der Waals surface area (Å²) in [5.41, 5.74) is 4.38. The van der Waals surface area contributed by atoms with E-state index in [4.69, 9.17) is 4.74 Å². The topological polar surface area (TPSA) is 70.5 Å². The zero-order valence-corrected chi connectivity index (χ0v) is 20.3. The van der Waals surface area contributed by atoms with Gasteiger partial charge in [0.25, 0.3) is 5.56 Å². The molecule has 5 rings (SSSR count). The first-order valence-electron chi connectivity index (χ1n) is 11.3. The number of rotatable bonds is 7. The summed E-state index contributed by atoms with van der Waals surface area (Å²) in [5, 5.41) is 6.47. The lowest BCUT2D eigenvalue weighted by atomic mass is 10.1. The molecule has 7 nitrogen and oxygen atoms in total. The van der Waals surface area contributed by atoms with Crippen LogP contribution in [0.1, 0.15) is 35.6 Å². The standard InChI is InChI=1S/C26H26N4O3S/c1-4-12-33-21-9-7-19(8-10-21)15-28-24(31)23-22(11-13-34-23)30-25(28)27-29(26(30)32)16-20-14-17(2)5-6-18(20)3/h5-11,13-14H,4,12,15-16H2,1-3H3. The van der Waals surface area contributed by atoms with Crippen LogP contribution in [0.3, 0.4) is 0 Å². The molecule has 0 amide bonds. The van der Waals surface area contributed by atoms with Crippen molar-refractivity contribution in [1.29, 1.82) is 0 Å². The third-order valence-corrected chi connectivity index (χ3v) is 6.84. The molecule has 2 aromatic carbocycles. The minimum atomic E-state index is -0.253. The molecule has 0 aliphatic rings. The second-order valence-corrected chi connectivity index (χ2v) is 9.44. The second kappa shape index (κ2) is 8.95. The fourth-order valence-electron chi connectivity index (χ4n) is 4.10. The highest BCUT2D eigenvalue weighted by atomic mass is 32.1. The van der Waals surface area contributed by atoms with E-state index in [1.54, 1.807) is 8.97 Å². The number of nitrogens with zero attached hydrogens (tertiary/aromatic N) is 4. The summed E-state index contributed by atoms with van der Waals surface area (Å²) in [6.45, 7) is 7.43. The predicted molar refractivity (Wildman–Crippen MR) is 135 cm³/mol. The van der Waals surface area contributed by atoms with Crippen LogP contribution in [-0.4, -0.2) is 25.4 Å². The summed E-state index contributed by atoms with van der Waals surface area (Å²) in [7, 11) is 0. The molecule has 0 N–H and O–H groups in total. The molecule has 0 bridgehead atoms. The van der Waals surface area contributed by atoms with Crippen LogP contribution in [0.25, 0.3) is 16.0 Å². The van der Waals surface area contributed by atoms with Gasteiger partial charge in [-0.25, -0.2) is 13.9 Å². The lowest BCUT2D eigenvalue weighted by molar-refractivity contribution is 0.317. The Labute approximate surface area is 200 Å². The molecule has 0 fully saturated rings. The molecule has 0 aliphatic carbocycles. The van der Waals surface area contributed by atoms with Crippen molar-refractivity contribution in [2.75, 3.05) is 6.61 Å². The molecule has 0 saturated heterocycles. The van der Waals surface area contributed by atoms with Crippen LogP contribution < -0.4 is 16.0 Å². The molecule has 34 heavy (non-hydrogen) atoms. The van der Waals surface area contributed by atoms with Crippen LogP contribution in [0.2, 0.25) is 0 Å². The van der Waals surface area contributed by atoms with Crippen molar-refractivity contribution < 1.29 is 4.74 Å². The smallest absolute Gasteiger partial charge is 0.352 e. The van der Waals surface area contributed by atoms with E-state index < -0.39 is 0 Å². The van der Waals surface area contributed by atoms with E-state index in [1.807, 2.05) is 55.6 Å². The van der Waals surface area contributed by atoms with Crippen LogP contribution in [0.15, 0.2) is 63.5 Å². The molecular formula is C26H26N4O3S. The van der Waals surface area contributed by atoms with Gasteiger partial charge in [-0.3, -0.25) is 9.36 Å². The maximum Gasteiger partial charge on any atom is 0.352 e. The van der Waals surface area contributed by atoms with E-state index in [0.29, 0.717) is 35.7 Å². The SMILES string of the molecule is CCCOc1ccc(Cn2c(=O)c3sccc3n3c(=O)n(Cc4cc(C)ccc4C)nc23)cc1. The highest BCUT2D eigenvalue weighted by Crippen LogP contribution is 2.19. The van der Waals surface area contributed by atoms with Crippen molar-refractivity contribution in [2.45, 2.75) is 40.3 Å². The number of ether oxygens (including phenoxy) is 1. The van der Waals surface area contributed by atoms with Gasteiger partial charge in [0, 0.05) is 0 Å². The Morgan fingerprint density at radius 3 is 2.56 bits per heavy atom. The highest BCUT2D eigenvalue weighted by molar-refractivity contribution is 7.17. The van der Waals surface area contributed by atoms with Gasteiger partial charge in [0.1, 0.15) is 10.4 Å². The predicted octanol–water partition coefficient (Wildman–Crippen LogP) is 4.37. The van der Waals surface area contributed by atoms with Crippen molar-refractivity contribution in [3.8, 4) is 5.75 Å². The van der Waals surface area contributed by atoms with Crippen molar-refractivity contribution in [1.82, 2.24) is 18.7 Å². The fraction of sp³-hybridized carbons (Fsp3) is 0.269.